The van der Waals surface area contributed by atoms with E-state index in [1.807, 2.05) is 78.9 Å². The van der Waals surface area contributed by atoms with E-state index in [1.54, 1.807) is 18.2 Å². The lowest BCUT2D eigenvalue weighted by atomic mass is 9.99. The third kappa shape index (κ3) is 9.08. The number of carboxylic acid groups (broad SMARTS) is 1. The van der Waals surface area contributed by atoms with Crippen molar-refractivity contribution >= 4 is 29.6 Å². The summed E-state index contributed by atoms with van der Waals surface area (Å²) in [6.45, 7) is 3.02. The molecular formula is C37H37NO8S. The summed E-state index contributed by atoms with van der Waals surface area (Å²) in [5, 5.41) is 22.0. The maximum Gasteiger partial charge on any atom is 0.336 e. The van der Waals surface area contributed by atoms with Crippen molar-refractivity contribution in [3.8, 4) is 11.1 Å². The molecule has 47 heavy (non-hydrogen) atoms. The van der Waals surface area contributed by atoms with Crippen molar-refractivity contribution in [2.75, 3.05) is 5.75 Å². The fraction of sp³-hybridized carbons (Fsp3) is 0.270. The molecule has 4 aromatic rings. The second kappa shape index (κ2) is 15.9. The number of rotatable bonds is 12. The van der Waals surface area contributed by atoms with Gasteiger partial charge in [0, 0.05) is 36.1 Å². The Bertz CT molecular complexity index is 1710. The summed E-state index contributed by atoms with van der Waals surface area (Å²) in [4.78, 5) is 36.0. The topological polar surface area (TPSA) is 131 Å². The van der Waals surface area contributed by atoms with E-state index in [0.717, 1.165) is 33.4 Å². The molecule has 0 radical (unpaired) electrons. The Morgan fingerprint density at radius 2 is 1.62 bits per heavy atom. The molecule has 1 heterocycles. The largest absolute Gasteiger partial charge is 0.478 e. The second-order valence-electron chi connectivity index (χ2n) is 11.3. The molecule has 0 aromatic heterocycles. The van der Waals surface area contributed by atoms with E-state index in [9.17, 15) is 24.6 Å². The lowest BCUT2D eigenvalue weighted by molar-refractivity contribution is -0.245. The first-order valence-electron chi connectivity index (χ1n) is 15.3. The molecule has 3 N–H and O–H groups in total. The lowest BCUT2D eigenvalue weighted by Crippen LogP contribution is -2.35. The van der Waals surface area contributed by atoms with Crippen LogP contribution in [0.1, 0.15) is 65.3 Å². The third-order valence-electron chi connectivity index (χ3n) is 7.75. The normalized spacial score (nSPS) is 18.2. The molecule has 1 amide bonds. The Hall–Kier alpha value is -4.48. The highest BCUT2D eigenvalue weighted by Crippen LogP contribution is 2.40. The molecule has 1 saturated heterocycles. The average Bonchev–Trinajstić information content (AvgIpc) is 3.09. The third-order valence-corrected chi connectivity index (χ3v) is 8.96. The Kier molecular flexibility index (Phi) is 11.4. The number of aliphatic hydroxyl groups is 1. The number of amides is 1. The van der Waals surface area contributed by atoms with Gasteiger partial charge in [-0.1, -0.05) is 72.8 Å². The molecule has 0 bridgehead atoms. The van der Waals surface area contributed by atoms with Crippen LogP contribution in [0.3, 0.4) is 0 Å². The number of carbonyl (C=O) groups is 3. The summed E-state index contributed by atoms with van der Waals surface area (Å²) < 4.78 is 18.0. The van der Waals surface area contributed by atoms with Gasteiger partial charge in [-0.3, -0.25) is 9.59 Å². The van der Waals surface area contributed by atoms with Crippen LogP contribution in [0.25, 0.3) is 11.1 Å². The summed E-state index contributed by atoms with van der Waals surface area (Å²) in [5.74, 6) is -1.33. The molecule has 244 valence electrons. The summed E-state index contributed by atoms with van der Waals surface area (Å²) >= 11 is 1.45. The molecule has 4 unspecified atom stereocenters. The molecule has 5 rings (SSSR count). The van der Waals surface area contributed by atoms with Crippen LogP contribution in [-0.4, -0.2) is 46.0 Å². The number of aromatic carboxylic acids is 1. The van der Waals surface area contributed by atoms with Crippen molar-refractivity contribution in [1.29, 1.82) is 0 Å². The van der Waals surface area contributed by atoms with Gasteiger partial charge in [-0.2, -0.15) is 0 Å². The monoisotopic (exact) mass is 655 g/mol. The van der Waals surface area contributed by atoms with Gasteiger partial charge in [0.05, 0.1) is 24.4 Å². The molecule has 0 aliphatic carbocycles. The first-order chi connectivity index (χ1) is 22.7. The Morgan fingerprint density at radius 3 is 2.34 bits per heavy atom. The van der Waals surface area contributed by atoms with E-state index >= 15 is 0 Å². The minimum Gasteiger partial charge on any atom is -0.478 e. The van der Waals surface area contributed by atoms with Crippen molar-refractivity contribution in [3.05, 3.63) is 125 Å². The van der Waals surface area contributed by atoms with Gasteiger partial charge in [0.2, 0.25) is 0 Å². The number of esters is 1. The van der Waals surface area contributed by atoms with Gasteiger partial charge in [0.1, 0.15) is 0 Å². The highest BCUT2D eigenvalue weighted by molar-refractivity contribution is 7.99. The molecular weight excluding hydrogens is 618 g/mol. The van der Waals surface area contributed by atoms with Gasteiger partial charge in [-0.25, -0.2) is 4.79 Å². The Morgan fingerprint density at radius 1 is 0.894 bits per heavy atom. The highest BCUT2D eigenvalue weighted by Gasteiger charge is 2.32. The van der Waals surface area contributed by atoms with Crippen LogP contribution in [-0.2, 0) is 37.0 Å². The zero-order chi connectivity index (χ0) is 33.3. The fourth-order valence-corrected chi connectivity index (χ4v) is 6.40. The maximum absolute atomic E-state index is 12.3. The van der Waals surface area contributed by atoms with Crippen LogP contribution in [0.5, 0.6) is 0 Å². The average molecular weight is 656 g/mol. The fourth-order valence-electron chi connectivity index (χ4n) is 5.34. The summed E-state index contributed by atoms with van der Waals surface area (Å²) in [5.41, 5.74) is 5.61. The maximum atomic E-state index is 12.3. The van der Waals surface area contributed by atoms with Crippen LogP contribution in [0, 0.1) is 0 Å². The van der Waals surface area contributed by atoms with E-state index in [0.29, 0.717) is 17.1 Å². The minimum atomic E-state index is -0.972. The van der Waals surface area contributed by atoms with Crippen molar-refractivity contribution < 1.29 is 38.8 Å². The zero-order valence-electron chi connectivity index (χ0n) is 26.1. The summed E-state index contributed by atoms with van der Waals surface area (Å²) in [6.07, 6.45) is -1.52. The van der Waals surface area contributed by atoms with E-state index in [-0.39, 0.29) is 36.8 Å². The molecule has 0 saturated carbocycles. The van der Waals surface area contributed by atoms with Crippen LogP contribution in [0.4, 0.5) is 0 Å². The second-order valence-corrected chi connectivity index (χ2v) is 12.3. The van der Waals surface area contributed by atoms with Crippen molar-refractivity contribution in [1.82, 2.24) is 5.32 Å². The number of carboxylic acids is 1. The van der Waals surface area contributed by atoms with Crippen LogP contribution < -0.4 is 5.32 Å². The highest BCUT2D eigenvalue weighted by atomic mass is 32.2. The van der Waals surface area contributed by atoms with Crippen molar-refractivity contribution in [2.24, 2.45) is 0 Å². The molecule has 1 fully saturated rings. The number of aliphatic hydroxyl groups excluding tert-OH is 1. The number of hydrogen-bond acceptors (Lipinski definition) is 8. The van der Waals surface area contributed by atoms with Crippen LogP contribution in [0.2, 0.25) is 0 Å². The number of carbonyl (C=O) groups excluding carboxylic acids is 2. The predicted octanol–water partition coefficient (Wildman–Crippen LogP) is 6.45. The van der Waals surface area contributed by atoms with Gasteiger partial charge >= 0.3 is 11.9 Å². The summed E-state index contributed by atoms with van der Waals surface area (Å²) in [6, 6.07) is 30.3. The van der Waals surface area contributed by atoms with Crippen molar-refractivity contribution in [2.45, 2.75) is 62.9 Å². The van der Waals surface area contributed by atoms with E-state index in [4.69, 9.17) is 14.2 Å². The Labute approximate surface area is 277 Å². The first-order valence-corrected chi connectivity index (χ1v) is 16.3. The Balaban J connectivity index is 1.35. The zero-order valence-corrected chi connectivity index (χ0v) is 26.9. The molecule has 1 aliphatic rings. The van der Waals surface area contributed by atoms with Gasteiger partial charge in [0.15, 0.2) is 12.4 Å². The number of thioether (sulfide) groups is 1. The first kappa shape index (κ1) is 33.9. The number of hydrogen-bond donors (Lipinski definition) is 3. The molecule has 0 spiro atoms. The standard InChI is InChI=1S/C37H37NO8S/c1-23(44-24(2)40)35(41)38-20-26-7-5-8-28(17-26)29-9-6-10-30(18-29)37-45-31(22-47-34-12-4-3-11-32(34)36(42)43)19-33(46-37)27-15-13-25(21-39)14-16-27/h3-18,23,31,33,37,39H,19-22H2,1-2H3,(H,38,41)(H,42,43). The molecule has 4 atom stereocenters. The lowest BCUT2D eigenvalue weighted by Gasteiger charge is -2.36. The number of nitrogens with one attached hydrogen (secondary N) is 1. The predicted molar refractivity (Wildman–Crippen MR) is 177 cm³/mol. The van der Waals surface area contributed by atoms with Crippen LogP contribution in [0.15, 0.2) is 102 Å². The van der Waals surface area contributed by atoms with Crippen LogP contribution >= 0.6 is 11.8 Å². The van der Waals surface area contributed by atoms with Crippen molar-refractivity contribution in [3.63, 3.8) is 0 Å². The SMILES string of the molecule is CC(=O)OC(C)C(=O)NCc1cccc(-c2cccc(C3OC(CSc4ccccc4C(=O)O)CC(c4ccc(CO)cc4)O3)c2)c1. The smallest absolute Gasteiger partial charge is 0.336 e. The van der Waals surface area contributed by atoms with E-state index < -0.39 is 24.3 Å². The van der Waals surface area contributed by atoms with Gasteiger partial charge in [0.25, 0.3) is 5.91 Å². The van der Waals surface area contributed by atoms with Gasteiger partial charge in [-0.15, -0.1) is 11.8 Å². The number of ether oxygens (including phenoxy) is 3. The summed E-state index contributed by atoms with van der Waals surface area (Å²) in [7, 11) is 0. The minimum absolute atomic E-state index is 0.0481. The quantitative estimate of drug-likeness (QED) is 0.116. The van der Waals surface area contributed by atoms with E-state index in [2.05, 4.69) is 5.32 Å². The van der Waals surface area contributed by atoms with Gasteiger partial charge < -0.3 is 29.7 Å². The molecule has 4 aromatic carbocycles. The molecule has 10 heteroatoms. The van der Waals surface area contributed by atoms with Gasteiger partial charge in [-0.05, 0) is 59.0 Å². The van der Waals surface area contributed by atoms with E-state index in [1.165, 1.54) is 25.6 Å². The molecule has 9 nitrogen and oxygen atoms in total. The molecule has 1 aliphatic heterocycles. The number of benzene rings is 4.